The Hall–Kier alpha value is -2.48. The van der Waals surface area contributed by atoms with Gasteiger partial charge in [0, 0.05) is 11.8 Å². The summed E-state index contributed by atoms with van der Waals surface area (Å²) in [6.45, 7) is 1.49. The number of H-pyrrole nitrogens is 1. The predicted octanol–water partition coefficient (Wildman–Crippen LogP) is 1.27. The predicted molar refractivity (Wildman–Crippen MR) is 109 cm³/mol. The molecule has 1 N–H and O–H groups in total. The molecule has 3 rings (SSSR count). The van der Waals surface area contributed by atoms with Crippen LogP contribution in [-0.2, 0) is 28.6 Å². The van der Waals surface area contributed by atoms with E-state index in [2.05, 4.69) is 10.1 Å². The Morgan fingerprint density at radius 1 is 1.42 bits per heavy atom. The van der Waals surface area contributed by atoms with Crippen LogP contribution in [0.3, 0.4) is 0 Å². The molecule has 0 spiro atoms. The summed E-state index contributed by atoms with van der Waals surface area (Å²) >= 11 is 7.66. The number of hydrogen-bond donors (Lipinski definition) is 1. The van der Waals surface area contributed by atoms with E-state index in [1.807, 2.05) is 0 Å². The lowest BCUT2D eigenvalue weighted by Crippen LogP contribution is -2.33. The van der Waals surface area contributed by atoms with E-state index in [1.54, 1.807) is 0 Å². The first-order valence-corrected chi connectivity index (χ1v) is 10.8. The summed E-state index contributed by atoms with van der Waals surface area (Å²) in [4.78, 5) is 49.2. The Balaban J connectivity index is 1.69. The van der Waals surface area contributed by atoms with Gasteiger partial charge in [0.2, 0.25) is 11.2 Å². The molecule has 1 saturated heterocycles. The lowest BCUT2D eigenvalue weighted by molar-refractivity contribution is -0.160. The molecule has 0 saturated carbocycles. The average molecular weight is 492 g/mol. The van der Waals surface area contributed by atoms with E-state index < -0.39 is 34.8 Å². The van der Waals surface area contributed by atoms with Gasteiger partial charge in [0.15, 0.2) is 12.2 Å². The minimum absolute atomic E-state index is 0.00595. The van der Waals surface area contributed by atoms with Crippen molar-refractivity contribution in [1.82, 2.24) is 9.78 Å². The van der Waals surface area contributed by atoms with E-state index in [-0.39, 0.29) is 40.9 Å². The fraction of sp³-hybridized carbons (Fsp3) is 0.353. The number of ether oxygens (including phenoxy) is 3. The largest absolute Gasteiger partial charge is 0.456 e. The van der Waals surface area contributed by atoms with Crippen molar-refractivity contribution >= 4 is 58.7 Å². The van der Waals surface area contributed by atoms with E-state index in [0.29, 0.717) is 20.9 Å². The molecular formula is C17H15ClFN3O7S2. The normalized spacial score (nSPS) is 18.7. The number of nitrogens with zero attached hydrogens (tertiary/aromatic N) is 2. The second-order valence-electron chi connectivity index (χ2n) is 6.11. The molecule has 0 aliphatic carbocycles. The molecule has 166 valence electrons. The number of aromatic amines is 1. The topological polar surface area (TPSA) is 129 Å². The van der Waals surface area contributed by atoms with E-state index in [4.69, 9.17) is 25.8 Å². The first kappa shape index (κ1) is 23.2. The van der Waals surface area contributed by atoms with Crippen molar-refractivity contribution in [3.63, 3.8) is 0 Å². The summed E-state index contributed by atoms with van der Waals surface area (Å²) in [5.74, 6) is -2.02. The molecule has 0 radical (unpaired) electrons. The van der Waals surface area contributed by atoms with Gasteiger partial charge in [-0.25, -0.2) is 9.38 Å². The number of esters is 2. The fourth-order valence-corrected chi connectivity index (χ4v) is 4.22. The van der Waals surface area contributed by atoms with Crippen molar-refractivity contribution < 1.29 is 33.0 Å². The van der Waals surface area contributed by atoms with E-state index in [1.165, 1.54) is 13.0 Å². The number of thioether (sulfide) groups is 1. The lowest BCUT2D eigenvalue weighted by Gasteiger charge is -2.17. The summed E-state index contributed by atoms with van der Waals surface area (Å²) in [7, 11) is 0. The quantitative estimate of drug-likeness (QED) is 0.348. The van der Waals surface area contributed by atoms with Gasteiger partial charge in [0.1, 0.15) is 11.5 Å². The summed E-state index contributed by atoms with van der Waals surface area (Å²) in [5, 5.41) is 2.46. The SMILES string of the molecule is CC(=O)OC1COCC1OC(=O)CSc1cc(N=c2[nH]n(C=O)c(=O)s2)c(F)cc1Cl. The number of nitrogens with one attached hydrogen (secondary N) is 1. The molecule has 1 fully saturated rings. The molecule has 2 atom stereocenters. The van der Waals surface area contributed by atoms with Crippen LogP contribution in [0.2, 0.25) is 5.02 Å². The number of carbonyl (C=O) groups is 3. The van der Waals surface area contributed by atoms with Gasteiger partial charge in [0.05, 0.1) is 24.0 Å². The van der Waals surface area contributed by atoms with Crippen molar-refractivity contribution in [2.75, 3.05) is 19.0 Å². The third-order valence-electron chi connectivity index (χ3n) is 3.85. The molecule has 1 aliphatic heterocycles. The van der Waals surface area contributed by atoms with Crippen molar-refractivity contribution in [3.05, 3.63) is 37.4 Å². The molecule has 1 aliphatic rings. The maximum absolute atomic E-state index is 14.2. The Kier molecular flexibility index (Phi) is 7.64. The van der Waals surface area contributed by atoms with Gasteiger partial charge in [0.25, 0.3) is 0 Å². The second kappa shape index (κ2) is 10.2. The van der Waals surface area contributed by atoms with E-state index in [9.17, 15) is 23.6 Å². The van der Waals surface area contributed by atoms with Crippen LogP contribution in [0.15, 0.2) is 26.8 Å². The fourth-order valence-electron chi connectivity index (χ4n) is 2.53. The monoisotopic (exact) mass is 491 g/mol. The van der Waals surface area contributed by atoms with Gasteiger partial charge in [-0.3, -0.25) is 24.3 Å². The minimum Gasteiger partial charge on any atom is -0.456 e. The van der Waals surface area contributed by atoms with Crippen LogP contribution in [-0.4, -0.2) is 59.3 Å². The lowest BCUT2D eigenvalue weighted by atomic mass is 10.2. The molecule has 10 nitrogen and oxygen atoms in total. The van der Waals surface area contributed by atoms with E-state index in [0.717, 1.165) is 17.8 Å². The Labute approximate surface area is 186 Å². The van der Waals surface area contributed by atoms with Crippen molar-refractivity contribution in [2.24, 2.45) is 4.99 Å². The smallest absolute Gasteiger partial charge is 0.332 e. The number of hydrogen-bond acceptors (Lipinski definition) is 10. The summed E-state index contributed by atoms with van der Waals surface area (Å²) < 4.78 is 30.4. The van der Waals surface area contributed by atoms with Crippen LogP contribution in [0, 0.1) is 5.82 Å². The van der Waals surface area contributed by atoms with Crippen molar-refractivity contribution in [2.45, 2.75) is 24.0 Å². The van der Waals surface area contributed by atoms with Gasteiger partial charge < -0.3 is 14.2 Å². The van der Waals surface area contributed by atoms with Crippen LogP contribution in [0.4, 0.5) is 10.1 Å². The molecule has 2 heterocycles. The minimum atomic E-state index is -0.754. The Bertz CT molecular complexity index is 1130. The van der Waals surface area contributed by atoms with Crippen molar-refractivity contribution in [3.8, 4) is 0 Å². The Morgan fingerprint density at radius 2 is 2.13 bits per heavy atom. The summed E-state index contributed by atoms with van der Waals surface area (Å²) in [6, 6.07) is 2.33. The highest BCUT2D eigenvalue weighted by Gasteiger charge is 2.34. The third-order valence-corrected chi connectivity index (χ3v) is 6.05. The molecular weight excluding hydrogens is 477 g/mol. The number of rotatable bonds is 7. The highest BCUT2D eigenvalue weighted by atomic mass is 35.5. The molecule has 14 heteroatoms. The van der Waals surface area contributed by atoms with Gasteiger partial charge in [-0.1, -0.05) is 11.6 Å². The average Bonchev–Trinajstić information content (AvgIpc) is 3.28. The van der Waals surface area contributed by atoms with Crippen LogP contribution in [0.5, 0.6) is 0 Å². The van der Waals surface area contributed by atoms with Crippen LogP contribution < -0.4 is 9.67 Å². The highest BCUT2D eigenvalue weighted by molar-refractivity contribution is 8.00. The zero-order valence-electron chi connectivity index (χ0n) is 15.8. The van der Waals surface area contributed by atoms with Gasteiger partial charge in [-0.15, -0.1) is 11.8 Å². The van der Waals surface area contributed by atoms with Crippen LogP contribution in [0.25, 0.3) is 0 Å². The number of carbonyl (C=O) groups excluding carboxylic acids is 3. The van der Waals surface area contributed by atoms with Crippen molar-refractivity contribution in [1.29, 1.82) is 0 Å². The van der Waals surface area contributed by atoms with Gasteiger partial charge in [-0.05, 0) is 23.5 Å². The molecule has 0 amide bonds. The van der Waals surface area contributed by atoms with Gasteiger partial charge >= 0.3 is 16.8 Å². The molecule has 0 bridgehead atoms. The number of benzene rings is 1. The first-order chi connectivity index (χ1) is 14.8. The molecule has 2 unspecified atom stereocenters. The van der Waals surface area contributed by atoms with E-state index >= 15 is 0 Å². The second-order valence-corrected chi connectivity index (χ2v) is 8.47. The number of aromatic nitrogens is 2. The molecule has 2 aromatic rings. The highest BCUT2D eigenvalue weighted by Crippen LogP contribution is 2.33. The molecule has 1 aromatic carbocycles. The van der Waals surface area contributed by atoms with Crippen LogP contribution >= 0.6 is 34.7 Å². The maximum Gasteiger partial charge on any atom is 0.332 e. The summed E-state index contributed by atoms with van der Waals surface area (Å²) in [5.41, 5.74) is -0.144. The van der Waals surface area contributed by atoms with Crippen LogP contribution in [0.1, 0.15) is 6.92 Å². The molecule has 1 aromatic heterocycles. The first-order valence-electron chi connectivity index (χ1n) is 8.64. The standard InChI is InChI=1S/C17H15ClFN3O7S2/c1-8(24)28-12-4-27-5-13(12)29-15(25)6-30-14-3-11(10(19)2-9(14)18)20-16-21-22(7-23)17(26)31-16/h2-3,7,12-13H,4-6H2,1H3,(H,20,21). The number of halogens is 2. The molecule has 31 heavy (non-hydrogen) atoms. The zero-order chi connectivity index (χ0) is 22.5. The Morgan fingerprint density at radius 3 is 2.77 bits per heavy atom. The summed E-state index contributed by atoms with van der Waals surface area (Å²) in [6.07, 6.45) is -1.12. The maximum atomic E-state index is 14.2. The zero-order valence-corrected chi connectivity index (χ0v) is 18.2. The van der Waals surface area contributed by atoms with Gasteiger partial charge in [-0.2, -0.15) is 4.68 Å². The third kappa shape index (κ3) is 6.03.